The lowest BCUT2D eigenvalue weighted by molar-refractivity contribution is -0.0327. The van der Waals surface area contributed by atoms with Gasteiger partial charge in [-0.2, -0.15) is 22.8 Å². The van der Waals surface area contributed by atoms with Crippen molar-refractivity contribution in [2.45, 2.75) is 17.3 Å². The first kappa shape index (κ1) is 17.5. The fourth-order valence-electron chi connectivity index (χ4n) is 2.30. The molecule has 0 atom stereocenters. The molecule has 0 amide bonds. The third-order valence-corrected chi connectivity index (χ3v) is 5.49. The number of nitrogens with zero attached hydrogens (tertiary/aromatic N) is 2. The molecule has 0 aliphatic carbocycles. The standard InChI is InChI=1S/C16H9F4N3S2/c1-8-5-6-22-15(17)12(8)23-10-4-2-3-9-13(10)24-11(7-21)14(9)25-16(18,19)20/h2-6,23H,1H3. The van der Waals surface area contributed by atoms with Crippen molar-refractivity contribution in [2.24, 2.45) is 0 Å². The number of aromatic nitrogens is 1. The summed E-state index contributed by atoms with van der Waals surface area (Å²) in [6.07, 6.45) is 1.33. The molecule has 3 aromatic rings. The van der Waals surface area contributed by atoms with Crippen molar-refractivity contribution < 1.29 is 17.6 Å². The maximum Gasteiger partial charge on any atom is 0.446 e. The normalized spacial score (nSPS) is 11.5. The van der Waals surface area contributed by atoms with Crippen LogP contribution in [-0.4, -0.2) is 10.5 Å². The van der Waals surface area contributed by atoms with E-state index in [1.807, 2.05) is 0 Å². The van der Waals surface area contributed by atoms with E-state index < -0.39 is 11.5 Å². The molecule has 0 aliphatic rings. The Bertz CT molecular complexity index is 969. The zero-order chi connectivity index (χ0) is 18.2. The molecule has 1 aromatic carbocycles. The first-order chi connectivity index (χ1) is 11.8. The van der Waals surface area contributed by atoms with Crippen molar-refractivity contribution in [2.75, 3.05) is 5.32 Å². The molecule has 1 N–H and O–H groups in total. The lowest BCUT2D eigenvalue weighted by atomic mass is 10.2. The number of alkyl halides is 3. The van der Waals surface area contributed by atoms with Gasteiger partial charge in [0, 0.05) is 11.6 Å². The van der Waals surface area contributed by atoms with E-state index in [1.54, 1.807) is 31.2 Å². The quantitative estimate of drug-likeness (QED) is 0.344. The third-order valence-electron chi connectivity index (χ3n) is 3.36. The summed E-state index contributed by atoms with van der Waals surface area (Å²) in [5.41, 5.74) is -3.34. The van der Waals surface area contributed by atoms with Crippen molar-refractivity contribution in [1.29, 1.82) is 5.26 Å². The molecule has 3 rings (SSSR count). The van der Waals surface area contributed by atoms with Crippen molar-refractivity contribution in [3.63, 3.8) is 0 Å². The minimum absolute atomic E-state index is 0.0324. The number of anilines is 2. The fraction of sp³-hybridized carbons (Fsp3) is 0.125. The van der Waals surface area contributed by atoms with Crippen LogP contribution in [0, 0.1) is 24.2 Å². The first-order valence-electron chi connectivity index (χ1n) is 6.89. The molecule has 3 nitrogen and oxygen atoms in total. The highest BCUT2D eigenvalue weighted by atomic mass is 32.2. The Morgan fingerprint density at radius 3 is 2.68 bits per heavy atom. The van der Waals surface area contributed by atoms with E-state index in [4.69, 9.17) is 0 Å². The smallest absolute Gasteiger partial charge is 0.350 e. The third kappa shape index (κ3) is 3.55. The van der Waals surface area contributed by atoms with E-state index in [-0.39, 0.29) is 27.2 Å². The van der Waals surface area contributed by atoms with Gasteiger partial charge in [-0.25, -0.2) is 4.98 Å². The van der Waals surface area contributed by atoms with Crippen LogP contribution in [0.1, 0.15) is 10.4 Å². The summed E-state index contributed by atoms with van der Waals surface area (Å²) in [5, 5.41) is 12.4. The fourth-order valence-corrected chi connectivity index (χ4v) is 4.22. The van der Waals surface area contributed by atoms with E-state index >= 15 is 0 Å². The minimum Gasteiger partial charge on any atom is -0.350 e. The molecule has 0 spiro atoms. The van der Waals surface area contributed by atoms with Gasteiger partial charge in [-0.3, -0.25) is 0 Å². The highest BCUT2D eigenvalue weighted by Crippen LogP contribution is 2.47. The number of nitrogens with one attached hydrogen (secondary N) is 1. The van der Waals surface area contributed by atoms with Crippen LogP contribution in [0.3, 0.4) is 0 Å². The first-order valence-corrected chi connectivity index (χ1v) is 8.53. The summed E-state index contributed by atoms with van der Waals surface area (Å²) < 4.78 is 52.8. The van der Waals surface area contributed by atoms with Gasteiger partial charge in [0.05, 0.1) is 21.0 Å². The number of pyridine rings is 1. The Labute approximate surface area is 148 Å². The Balaban J connectivity index is 2.14. The molecule has 0 saturated carbocycles. The SMILES string of the molecule is Cc1ccnc(F)c1Nc1cccc2c(SC(F)(F)F)c(C#N)sc12. The van der Waals surface area contributed by atoms with Crippen molar-refractivity contribution in [1.82, 2.24) is 4.98 Å². The summed E-state index contributed by atoms with van der Waals surface area (Å²) in [7, 11) is 0. The number of halogens is 4. The molecule has 0 aliphatic heterocycles. The van der Waals surface area contributed by atoms with Gasteiger partial charge in [0.2, 0.25) is 5.95 Å². The van der Waals surface area contributed by atoms with Gasteiger partial charge < -0.3 is 5.32 Å². The molecule has 0 fully saturated rings. The highest BCUT2D eigenvalue weighted by Gasteiger charge is 2.32. The van der Waals surface area contributed by atoms with Crippen LogP contribution in [0.2, 0.25) is 0 Å². The van der Waals surface area contributed by atoms with Crippen LogP contribution >= 0.6 is 23.1 Å². The summed E-state index contributed by atoms with van der Waals surface area (Å²) >= 11 is 0.618. The molecular formula is C16H9F4N3S2. The highest BCUT2D eigenvalue weighted by molar-refractivity contribution is 8.00. The van der Waals surface area contributed by atoms with Crippen molar-refractivity contribution in [3.8, 4) is 6.07 Å². The van der Waals surface area contributed by atoms with Crippen LogP contribution in [0.25, 0.3) is 10.1 Å². The van der Waals surface area contributed by atoms with E-state index in [1.165, 1.54) is 12.3 Å². The van der Waals surface area contributed by atoms with Crippen LogP contribution < -0.4 is 5.32 Å². The number of rotatable bonds is 3. The second-order valence-electron chi connectivity index (χ2n) is 5.02. The number of aryl methyl sites for hydroxylation is 1. The van der Waals surface area contributed by atoms with E-state index in [0.717, 1.165) is 11.3 Å². The monoisotopic (exact) mass is 383 g/mol. The van der Waals surface area contributed by atoms with Gasteiger partial charge in [0.1, 0.15) is 10.9 Å². The molecule has 2 aromatic heterocycles. The summed E-state index contributed by atoms with van der Waals surface area (Å²) in [6.45, 7) is 1.69. The van der Waals surface area contributed by atoms with Gasteiger partial charge in [-0.15, -0.1) is 11.3 Å². The van der Waals surface area contributed by atoms with Crippen LogP contribution in [0.5, 0.6) is 0 Å². The van der Waals surface area contributed by atoms with Gasteiger partial charge in [-0.05, 0) is 36.4 Å². The number of hydrogen-bond donors (Lipinski definition) is 1. The predicted molar refractivity (Wildman–Crippen MR) is 90.7 cm³/mol. The van der Waals surface area contributed by atoms with Gasteiger partial charge in [0.15, 0.2) is 0 Å². The Hall–Kier alpha value is -2.31. The maximum atomic E-state index is 13.9. The number of hydrogen-bond acceptors (Lipinski definition) is 5. The summed E-state index contributed by atoms with van der Waals surface area (Å²) in [6, 6.07) is 8.11. The van der Waals surface area contributed by atoms with Crippen LogP contribution in [0.4, 0.5) is 28.9 Å². The van der Waals surface area contributed by atoms with Crippen molar-refractivity contribution in [3.05, 3.63) is 46.9 Å². The Morgan fingerprint density at radius 1 is 1.28 bits per heavy atom. The number of nitriles is 1. The number of fused-ring (bicyclic) bond motifs is 1. The number of thiophene rings is 1. The van der Waals surface area contributed by atoms with Crippen LogP contribution in [0.15, 0.2) is 35.4 Å². The van der Waals surface area contributed by atoms with Gasteiger partial charge in [0.25, 0.3) is 0 Å². The average molecular weight is 383 g/mol. The van der Waals surface area contributed by atoms with Gasteiger partial charge >= 0.3 is 5.51 Å². The molecule has 25 heavy (non-hydrogen) atoms. The molecule has 2 heterocycles. The molecule has 0 radical (unpaired) electrons. The number of benzene rings is 1. The molecule has 0 saturated heterocycles. The zero-order valence-electron chi connectivity index (χ0n) is 12.6. The van der Waals surface area contributed by atoms with E-state index in [0.29, 0.717) is 21.3 Å². The predicted octanol–water partition coefficient (Wildman–Crippen LogP) is 5.97. The molecule has 0 bridgehead atoms. The molecular weight excluding hydrogens is 374 g/mol. The lowest BCUT2D eigenvalue weighted by Gasteiger charge is -2.11. The van der Waals surface area contributed by atoms with E-state index in [2.05, 4.69) is 10.3 Å². The average Bonchev–Trinajstić information content (AvgIpc) is 2.88. The number of thioether (sulfide) groups is 1. The Morgan fingerprint density at radius 2 is 2.04 bits per heavy atom. The zero-order valence-corrected chi connectivity index (χ0v) is 14.2. The minimum atomic E-state index is -4.50. The summed E-state index contributed by atoms with van der Waals surface area (Å²) in [5.74, 6) is -0.709. The molecule has 0 unspecified atom stereocenters. The summed E-state index contributed by atoms with van der Waals surface area (Å²) in [4.78, 5) is 3.40. The lowest BCUT2D eigenvalue weighted by Crippen LogP contribution is -2.00. The maximum absolute atomic E-state index is 13.9. The second kappa shape index (κ2) is 6.54. The largest absolute Gasteiger partial charge is 0.446 e. The topological polar surface area (TPSA) is 48.7 Å². The molecule has 128 valence electrons. The molecule has 9 heteroatoms. The Kier molecular flexibility index (Phi) is 4.58. The van der Waals surface area contributed by atoms with E-state index in [9.17, 15) is 22.8 Å². The van der Waals surface area contributed by atoms with Crippen molar-refractivity contribution >= 4 is 44.6 Å². The second-order valence-corrected chi connectivity index (χ2v) is 7.12. The van der Waals surface area contributed by atoms with Gasteiger partial charge in [-0.1, -0.05) is 12.1 Å². The van der Waals surface area contributed by atoms with Crippen LogP contribution in [-0.2, 0) is 0 Å².